The monoisotopic (exact) mass is 350 g/mol. The zero-order valence-corrected chi connectivity index (χ0v) is 14.0. The van der Waals surface area contributed by atoms with Gasteiger partial charge in [-0.15, -0.1) is 11.3 Å². The molecule has 0 aliphatic rings. The van der Waals surface area contributed by atoms with E-state index in [0.717, 1.165) is 15.6 Å². The first-order chi connectivity index (χ1) is 12.2. The molecule has 4 rings (SSSR count). The predicted molar refractivity (Wildman–Crippen MR) is 98.0 cm³/mol. The molecule has 0 bridgehead atoms. The maximum Gasteiger partial charge on any atom is 0.274 e. The van der Waals surface area contributed by atoms with E-state index in [4.69, 9.17) is 0 Å². The van der Waals surface area contributed by atoms with E-state index in [1.165, 1.54) is 16.0 Å². The fourth-order valence-corrected chi connectivity index (χ4v) is 3.38. The first kappa shape index (κ1) is 15.5. The molecule has 4 aromatic rings. The number of carbonyl (C=O) groups excluding carboxylic acids is 1. The molecule has 1 N–H and O–H groups in total. The molecule has 0 aliphatic heterocycles. The number of nitrogens with one attached hydrogen (secondary N) is 1. The molecule has 0 saturated carbocycles. The number of amides is 1. The molecule has 0 radical (unpaired) electrons. The average Bonchev–Trinajstić information content (AvgIpc) is 3.11. The van der Waals surface area contributed by atoms with Crippen LogP contribution in [0.25, 0.3) is 21.0 Å². The summed E-state index contributed by atoms with van der Waals surface area (Å²) in [4.78, 5) is 28.8. The van der Waals surface area contributed by atoms with Gasteiger partial charge in [0.05, 0.1) is 33.9 Å². The lowest BCUT2D eigenvalue weighted by Crippen LogP contribution is -2.32. The SMILES string of the molecule is O=C(NCCn1ncc2ccccc2c1=O)c1ccc2ncsc2c1. The third kappa shape index (κ3) is 3.01. The minimum atomic E-state index is -0.177. The molecular weight excluding hydrogens is 336 g/mol. The highest BCUT2D eigenvalue weighted by Crippen LogP contribution is 2.18. The van der Waals surface area contributed by atoms with Crippen LogP contribution in [0.4, 0.5) is 0 Å². The molecule has 0 saturated heterocycles. The number of carbonyl (C=O) groups is 1. The van der Waals surface area contributed by atoms with Crippen LogP contribution in [0.15, 0.2) is 59.0 Å². The third-order valence-electron chi connectivity index (χ3n) is 3.96. The Labute approximate surface area is 146 Å². The second-order valence-corrected chi connectivity index (χ2v) is 6.44. The molecular formula is C18H14N4O2S. The molecule has 0 atom stereocenters. The zero-order chi connectivity index (χ0) is 17.2. The van der Waals surface area contributed by atoms with Gasteiger partial charge in [-0.05, 0) is 24.3 Å². The maximum absolute atomic E-state index is 12.4. The summed E-state index contributed by atoms with van der Waals surface area (Å²) in [7, 11) is 0. The van der Waals surface area contributed by atoms with Crippen LogP contribution in [-0.4, -0.2) is 27.2 Å². The molecule has 6 nitrogen and oxygen atoms in total. The molecule has 7 heteroatoms. The van der Waals surface area contributed by atoms with E-state index >= 15 is 0 Å². The minimum Gasteiger partial charge on any atom is -0.350 e. The third-order valence-corrected chi connectivity index (χ3v) is 4.76. The summed E-state index contributed by atoms with van der Waals surface area (Å²) in [6.07, 6.45) is 1.66. The molecule has 0 aliphatic carbocycles. The smallest absolute Gasteiger partial charge is 0.274 e. The van der Waals surface area contributed by atoms with Gasteiger partial charge in [-0.25, -0.2) is 9.67 Å². The molecule has 0 spiro atoms. The Hall–Kier alpha value is -3.06. The fraction of sp³-hybridized carbons (Fsp3) is 0.111. The molecule has 124 valence electrons. The highest BCUT2D eigenvalue weighted by atomic mass is 32.1. The summed E-state index contributed by atoms with van der Waals surface area (Å²) in [5.74, 6) is -0.177. The molecule has 0 unspecified atom stereocenters. The number of benzene rings is 2. The van der Waals surface area contributed by atoms with Gasteiger partial charge in [0.15, 0.2) is 0 Å². The normalized spacial score (nSPS) is 11.0. The Morgan fingerprint density at radius 1 is 1.20 bits per heavy atom. The van der Waals surface area contributed by atoms with Crippen molar-refractivity contribution in [3.05, 3.63) is 70.1 Å². The van der Waals surface area contributed by atoms with Crippen LogP contribution in [0, 0.1) is 0 Å². The van der Waals surface area contributed by atoms with Crippen LogP contribution in [0.3, 0.4) is 0 Å². The van der Waals surface area contributed by atoms with Gasteiger partial charge >= 0.3 is 0 Å². The molecule has 0 fully saturated rings. The molecule has 25 heavy (non-hydrogen) atoms. The van der Waals surface area contributed by atoms with Crippen molar-refractivity contribution in [2.75, 3.05) is 6.54 Å². The Balaban J connectivity index is 1.46. The maximum atomic E-state index is 12.4. The van der Waals surface area contributed by atoms with E-state index in [0.29, 0.717) is 24.0 Å². The molecule has 1 amide bonds. The lowest BCUT2D eigenvalue weighted by molar-refractivity contribution is 0.0952. The van der Waals surface area contributed by atoms with E-state index in [1.54, 1.807) is 23.8 Å². The van der Waals surface area contributed by atoms with E-state index < -0.39 is 0 Å². The van der Waals surface area contributed by atoms with Gasteiger partial charge in [0, 0.05) is 17.5 Å². The summed E-state index contributed by atoms with van der Waals surface area (Å²) in [5, 5.41) is 8.42. The van der Waals surface area contributed by atoms with Gasteiger partial charge in [-0.3, -0.25) is 9.59 Å². The van der Waals surface area contributed by atoms with Crippen molar-refractivity contribution >= 4 is 38.2 Å². The first-order valence-corrected chi connectivity index (χ1v) is 8.67. The number of rotatable bonds is 4. The topological polar surface area (TPSA) is 76.9 Å². The van der Waals surface area contributed by atoms with Gasteiger partial charge in [-0.1, -0.05) is 18.2 Å². The first-order valence-electron chi connectivity index (χ1n) is 7.79. The number of fused-ring (bicyclic) bond motifs is 2. The summed E-state index contributed by atoms with van der Waals surface area (Å²) in [6, 6.07) is 12.7. The van der Waals surface area contributed by atoms with Gasteiger partial charge in [0.25, 0.3) is 11.5 Å². The van der Waals surface area contributed by atoms with Crippen LogP contribution in [0.5, 0.6) is 0 Å². The van der Waals surface area contributed by atoms with Crippen LogP contribution in [-0.2, 0) is 6.54 Å². The molecule has 2 heterocycles. The number of hydrogen-bond acceptors (Lipinski definition) is 5. The zero-order valence-electron chi connectivity index (χ0n) is 13.2. The lowest BCUT2D eigenvalue weighted by atomic mass is 10.2. The van der Waals surface area contributed by atoms with Gasteiger partial charge in [0.2, 0.25) is 0 Å². The highest BCUT2D eigenvalue weighted by Gasteiger charge is 2.08. The van der Waals surface area contributed by atoms with E-state index in [-0.39, 0.29) is 11.5 Å². The Morgan fingerprint density at radius 2 is 2.08 bits per heavy atom. The van der Waals surface area contributed by atoms with E-state index in [2.05, 4.69) is 15.4 Å². The standard InChI is InChI=1S/C18H14N4O2S/c23-17(12-5-6-15-16(9-12)25-11-20-15)19-7-8-22-18(24)14-4-2-1-3-13(14)10-21-22/h1-6,9-11H,7-8H2,(H,19,23). The second kappa shape index (κ2) is 6.45. The number of hydrogen-bond donors (Lipinski definition) is 1. The number of aromatic nitrogens is 3. The average molecular weight is 350 g/mol. The van der Waals surface area contributed by atoms with E-state index in [1.807, 2.05) is 30.3 Å². The van der Waals surface area contributed by atoms with Crippen molar-refractivity contribution in [2.45, 2.75) is 6.54 Å². The van der Waals surface area contributed by atoms with Gasteiger partial charge in [0.1, 0.15) is 0 Å². The Bertz CT molecular complexity index is 1130. The quantitative estimate of drug-likeness (QED) is 0.613. The van der Waals surface area contributed by atoms with Crippen molar-refractivity contribution in [1.82, 2.24) is 20.1 Å². The number of thiazole rings is 1. The summed E-state index contributed by atoms with van der Waals surface area (Å²) in [6.45, 7) is 0.642. The van der Waals surface area contributed by atoms with Gasteiger partial charge in [-0.2, -0.15) is 5.10 Å². The Morgan fingerprint density at radius 3 is 3.00 bits per heavy atom. The predicted octanol–water partition coefficient (Wildman–Crippen LogP) is 2.44. The summed E-state index contributed by atoms with van der Waals surface area (Å²) in [5.41, 5.74) is 3.06. The van der Waals surface area contributed by atoms with Crippen molar-refractivity contribution in [3.8, 4) is 0 Å². The largest absolute Gasteiger partial charge is 0.350 e. The van der Waals surface area contributed by atoms with Crippen LogP contribution in [0.1, 0.15) is 10.4 Å². The van der Waals surface area contributed by atoms with Crippen molar-refractivity contribution in [3.63, 3.8) is 0 Å². The Kier molecular flexibility index (Phi) is 3.99. The van der Waals surface area contributed by atoms with Crippen LogP contribution in [0.2, 0.25) is 0 Å². The second-order valence-electron chi connectivity index (χ2n) is 5.55. The van der Waals surface area contributed by atoms with Crippen molar-refractivity contribution in [1.29, 1.82) is 0 Å². The summed E-state index contributed by atoms with van der Waals surface area (Å²) >= 11 is 1.50. The fourth-order valence-electron chi connectivity index (χ4n) is 2.66. The van der Waals surface area contributed by atoms with Crippen LogP contribution < -0.4 is 10.9 Å². The molecule has 2 aromatic heterocycles. The highest BCUT2D eigenvalue weighted by molar-refractivity contribution is 7.16. The summed E-state index contributed by atoms with van der Waals surface area (Å²) < 4.78 is 2.34. The van der Waals surface area contributed by atoms with Gasteiger partial charge < -0.3 is 5.32 Å². The van der Waals surface area contributed by atoms with Crippen molar-refractivity contribution < 1.29 is 4.79 Å². The lowest BCUT2D eigenvalue weighted by Gasteiger charge is -2.08. The van der Waals surface area contributed by atoms with E-state index in [9.17, 15) is 9.59 Å². The van der Waals surface area contributed by atoms with Crippen molar-refractivity contribution in [2.24, 2.45) is 0 Å². The van der Waals surface area contributed by atoms with Crippen LogP contribution >= 0.6 is 11.3 Å². The minimum absolute atomic E-state index is 0.154. The number of nitrogens with zero attached hydrogens (tertiary/aromatic N) is 3. The molecule has 2 aromatic carbocycles.